The van der Waals surface area contributed by atoms with Gasteiger partial charge in [0, 0.05) is 0 Å². The highest BCUT2D eigenvalue weighted by Gasteiger charge is 1.84. The normalized spacial score (nSPS) is 11.0. The summed E-state index contributed by atoms with van der Waals surface area (Å²) in [4.78, 5) is 0. The Morgan fingerprint density at radius 1 is 1.00 bits per heavy atom. The minimum absolute atomic E-state index is 1.28. The van der Waals surface area contributed by atoms with Crippen LogP contribution in [0, 0.1) is 0 Å². The maximum Gasteiger partial charge on any atom is -0.0351 e. The van der Waals surface area contributed by atoms with Gasteiger partial charge in [0.1, 0.15) is 0 Å². The van der Waals surface area contributed by atoms with Crippen LogP contribution in [0.5, 0.6) is 0 Å². The van der Waals surface area contributed by atoms with E-state index in [1.165, 1.54) is 38.5 Å². The zero-order valence-corrected chi connectivity index (χ0v) is 7.40. The molecule has 0 aromatic rings. The lowest BCUT2D eigenvalue weighted by Crippen LogP contribution is -1.75. The molecule has 60 valence electrons. The quantitative estimate of drug-likeness (QED) is 0.387. The van der Waals surface area contributed by atoms with Crippen molar-refractivity contribution in [1.29, 1.82) is 0 Å². The van der Waals surface area contributed by atoms with Crippen molar-refractivity contribution < 1.29 is 0 Å². The molecule has 0 aromatic heterocycles. The van der Waals surface area contributed by atoms with Crippen LogP contribution in [0.15, 0.2) is 12.2 Å². The Kier molecular flexibility index (Phi) is 8.51. The Morgan fingerprint density at radius 3 is 2.30 bits per heavy atom. The van der Waals surface area contributed by atoms with Crippen LogP contribution in [-0.4, -0.2) is 0 Å². The first kappa shape index (κ1) is 9.74. The molecule has 0 unspecified atom stereocenters. The minimum Gasteiger partial charge on any atom is -0.0917 e. The SMILES string of the molecule is C/C=C\CCCCCCC. The van der Waals surface area contributed by atoms with Gasteiger partial charge < -0.3 is 0 Å². The summed E-state index contributed by atoms with van der Waals surface area (Å²) in [7, 11) is 0. The highest BCUT2D eigenvalue weighted by molar-refractivity contribution is 4.76. The zero-order valence-electron chi connectivity index (χ0n) is 7.40. The van der Waals surface area contributed by atoms with Gasteiger partial charge in [-0.05, 0) is 19.8 Å². The molecule has 0 nitrogen and oxygen atoms in total. The van der Waals surface area contributed by atoms with Crippen LogP contribution < -0.4 is 0 Å². The van der Waals surface area contributed by atoms with Crippen LogP contribution in [0.25, 0.3) is 0 Å². The van der Waals surface area contributed by atoms with E-state index >= 15 is 0 Å². The van der Waals surface area contributed by atoms with Gasteiger partial charge in [0.05, 0.1) is 0 Å². The number of hydrogen-bond donors (Lipinski definition) is 0. The van der Waals surface area contributed by atoms with Crippen molar-refractivity contribution >= 4 is 0 Å². The van der Waals surface area contributed by atoms with Crippen molar-refractivity contribution in [2.24, 2.45) is 0 Å². The Labute approximate surface area is 65.3 Å². The third-order valence-corrected chi connectivity index (χ3v) is 1.71. The van der Waals surface area contributed by atoms with Gasteiger partial charge in [0.2, 0.25) is 0 Å². The Balaban J connectivity index is 2.77. The summed E-state index contributed by atoms with van der Waals surface area (Å²) in [5, 5.41) is 0. The van der Waals surface area contributed by atoms with E-state index in [1.54, 1.807) is 0 Å². The molecule has 0 aliphatic rings. The summed E-state index contributed by atoms with van der Waals surface area (Å²) in [6, 6.07) is 0. The van der Waals surface area contributed by atoms with Crippen molar-refractivity contribution in [2.75, 3.05) is 0 Å². The molecule has 0 amide bonds. The summed E-state index contributed by atoms with van der Waals surface area (Å²) in [5.41, 5.74) is 0. The first-order valence-corrected chi connectivity index (χ1v) is 4.53. The lowest BCUT2D eigenvalue weighted by atomic mass is 10.1. The molecule has 0 spiro atoms. The molecule has 0 atom stereocenters. The summed E-state index contributed by atoms with van der Waals surface area (Å²) in [6.45, 7) is 4.35. The average Bonchev–Trinajstić information content (AvgIpc) is 1.97. The van der Waals surface area contributed by atoms with E-state index in [0.29, 0.717) is 0 Å². The van der Waals surface area contributed by atoms with Crippen LogP contribution in [0.2, 0.25) is 0 Å². The number of rotatable bonds is 6. The highest BCUT2D eigenvalue weighted by atomic mass is 13.9. The molecule has 0 aromatic carbocycles. The van der Waals surface area contributed by atoms with Crippen LogP contribution in [-0.2, 0) is 0 Å². The lowest BCUT2D eigenvalue weighted by molar-refractivity contribution is 0.637. The topological polar surface area (TPSA) is 0 Å². The molecular weight excluding hydrogens is 120 g/mol. The molecule has 0 aliphatic heterocycles. The van der Waals surface area contributed by atoms with E-state index < -0.39 is 0 Å². The van der Waals surface area contributed by atoms with Crippen molar-refractivity contribution in [1.82, 2.24) is 0 Å². The van der Waals surface area contributed by atoms with Crippen molar-refractivity contribution in [3.05, 3.63) is 12.2 Å². The van der Waals surface area contributed by atoms with E-state index in [2.05, 4.69) is 26.0 Å². The van der Waals surface area contributed by atoms with Crippen molar-refractivity contribution in [3.63, 3.8) is 0 Å². The van der Waals surface area contributed by atoms with Crippen LogP contribution in [0.3, 0.4) is 0 Å². The highest BCUT2D eigenvalue weighted by Crippen LogP contribution is 2.04. The second-order valence-electron chi connectivity index (χ2n) is 2.77. The number of unbranched alkanes of at least 4 members (excludes halogenated alkanes) is 5. The molecule has 0 fully saturated rings. The van der Waals surface area contributed by atoms with Crippen LogP contribution in [0.4, 0.5) is 0 Å². The molecule has 10 heavy (non-hydrogen) atoms. The smallest absolute Gasteiger partial charge is 0.0351 e. The summed E-state index contributed by atoms with van der Waals surface area (Å²) in [6.07, 6.45) is 12.7. The number of hydrogen-bond acceptors (Lipinski definition) is 0. The van der Waals surface area contributed by atoms with Gasteiger partial charge in [-0.2, -0.15) is 0 Å². The summed E-state index contributed by atoms with van der Waals surface area (Å²) < 4.78 is 0. The molecule has 0 radical (unpaired) electrons. The Bertz CT molecular complexity index is 72.1. The first-order valence-electron chi connectivity index (χ1n) is 4.53. The van der Waals surface area contributed by atoms with Crippen LogP contribution >= 0.6 is 0 Å². The lowest BCUT2D eigenvalue weighted by Gasteiger charge is -1.95. The third-order valence-electron chi connectivity index (χ3n) is 1.71. The van der Waals surface area contributed by atoms with E-state index in [4.69, 9.17) is 0 Å². The Morgan fingerprint density at radius 2 is 1.70 bits per heavy atom. The second kappa shape index (κ2) is 8.74. The average molecular weight is 140 g/mol. The molecular formula is C10H20. The molecule has 0 saturated heterocycles. The summed E-state index contributed by atoms with van der Waals surface area (Å²) >= 11 is 0. The molecule has 0 N–H and O–H groups in total. The fourth-order valence-electron chi connectivity index (χ4n) is 1.03. The van der Waals surface area contributed by atoms with Gasteiger partial charge in [0.15, 0.2) is 0 Å². The van der Waals surface area contributed by atoms with Crippen molar-refractivity contribution in [3.8, 4) is 0 Å². The molecule has 0 heterocycles. The minimum atomic E-state index is 1.28. The molecule has 0 saturated carbocycles. The predicted molar refractivity (Wildman–Crippen MR) is 48.2 cm³/mol. The Hall–Kier alpha value is -0.260. The van der Waals surface area contributed by atoms with E-state index in [9.17, 15) is 0 Å². The van der Waals surface area contributed by atoms with E-state index in [1.807, 2.05) is 0 Å². The fraction of sp³-hybridized carbons (Fsp3) is 0.800. The standard InChI is InChI=1S/C10H20/c1-3-5-7-9-10-8-6-4-2/h3,5H,4,6-10H2,1-2H3/b5-3-. The van der Waals surface area contributed by atoms with Gasteiger partial charge in [0.25, 0.3) is 0 Å². The van der Waals surface area contributed by atoms with Gasteiger partial charge in [-0.1, -0.05) is 44.8 Å². The number of allylic oxidation sites excluding steroid dienone is 2. The van der Waals surface area contributed by atoms with Gasteiger partial charge in [-0.25, -0.2) is 0 Å². The first-order chi connectivity index (χ1) is 4.91. The fourth-order valence-corrected chi connectivity index (χ4v) is 1.03. The summed E-state index contributed by atoms with van der Waals surface area (Å²) in [5.74, 6) is 0. The van der Waals surface area contributed by atoms with Crippen molar-refractivity contribution in [2.45, 2.75) is 52.4 Å². The second-order valence-corrected chi connectivity index (χ2v) is 2.77. The van der Waals surface area contributed by atoms with E-state index in [0.717, 1.165) is 0 Å². The molecule has 0 aliphatic carbocycles. The van der Waals surface area contributed by atoms with Crippen LogP contribution in [0.1, 0.15) is 52.4 Å². The van der Waals surface area contributed by atoms with Gasteiger partial charge in [-0.3, -0.25) is 0 Å². The monoisotopic (exact) mass is 140 g/mol. The maximum absolute atomic E-state index is 2.26. The molecule has 0 bridgehead atoms. The van der Waals surface area contributed by atoms with Gasteiger partial charge >= 0.3 is 0 Å². The molecule has 0 rings (SSSR count). The largest absolute Gasteiger partial charge is 0.0917 e. The van der Waals surface area contributed by atoms with E-state index in [-0.39, 0.29) is 0 Å². The zero-order chi connectivity index (χ0) is 7.66. The predicted octanol–water partition coefficient (Wildman–Crippen LogP) is 3.92. The maximum atomic E-state index is 2.26. The van der Waals surface area contributed by atoms with Gasteiger partial charge in [-0.15, -0.1) is 0 Å². The molecule has 0 heteroatoms. The third kappa shape index (κ3) is 7.74.